The van der Waals surface area contributed by atoms with E-state index < -0.39 is 0 Å². The molecule has 0 fully saturated rings. The Labute approximate surface area is 182 Å². The minimum Gasteiger partial charge on any atom is -0.497 e. The third-order valence-corrected chi connectivity index (χ3v) is 5.63. The first-order valence-corrected chi connectivity index (χ1v) is 10.4. The SMILES string of the molecule is COc1ccc(C2c3[nH]c4ccc(C#N)cc4c3CCN2C(=S)OC(C)(C)C)cc1. The van der Waals surface area contributed by atoms with Crippen molar-refractivity contribution in [3.63, 3.8) is 0 Å². The summed E-state index contributed by atoms with van der Waals surface area (Å²) in [5, 5.41) is 10.9. The molecule has 1 atom stereocenters. The normalized spacial score (nSPS) is 16.1. The molecule has 5 nitrogen and oxygen atoms in total. The Kier molecular flexibility index (Phi) is 5.17. The molecule has 0 saturated heterocycles. The maximum absolute atomic E-state index is 9.33. The Hall–Kier alpha value is -3.04. The lowest BCUT2D eigenvalue weighted by atomic mass is 9.92. The number of aromatic amines is 1. The highest BCUT2D eigenvalue weighted by atomic mass is 32.1. The summed E-state index contributed by atoms with van der Waals surface area (Å²) in [4.78, 5) is 5.74. The molecule has 6 heteroatoms. The fourth-order valence-corrected chi connectivity index (χ4v) is 4.45. The molecular weight excluding hydrogens is 394 g/mol. The Morgan fingerprint density at radius 3 is 2.57 bits per heavy atom. The zero-order chi connectivity index (χ0) is 21.5. The molecule has 0 bridgehead atoms. The number of nitrogens with zero attached hydrogens (tertiary/aromatic N) is 2. The van der Waals surface area contributed by atoms with Gasteiger partial charge in [-0.25, -0.2) is 0 Å². The summed E-state index contributed by atoms with van der Waals surface area (Å²) >= 11 is 5.72. The molecule has 1 aromatic heterocycles. The van der Waals surface area contributed by atoms with E-state index in [0.29, 0.717) is 10.7 Å². The van der Waals surface area contributed by atoms with Gasteiger partial charge in [-0.2, -0.15) is 5.26 Å². The van der Waals surface area contributed by atoms with Crippen molar-refractivity contribution in [2.45, 2.75) is 38.8 Å². The number of hydrogen-bond acceptors (Lipinski definition) is 4. The van der Waals surface area contributed by atoms with Crippen LogP contribution in [0, 0.1) is 11.3 Å². The van der Waals surface area contributed by atoms with Crippen molar-refractivity contribution < 1.29 is 9.47 Å². The van der Waals surface area contributed by atoms with E-state index >= 15 is 0 Å². The molecular formula is C24H25N3O2S. The van der Waals surface area contributed by atoms with E-state index in [2.05, 4.69) is 28.1 Å². The average Bonchev–Trinajstić information content (AvgIpc) is 3.09. The van der Waals surface area contributed by atoms with Gasteiger partial charge in [0.05, 0.1) is 24.8 Å². The number of H-pyrrole nitrogens is 1. The number of rotatable bonds is 2. The summed E-state index contributed by atoms with van der Waals surface area (Å²) in [5.74, 6) is 0.810. The predicted molar refractivity (Wildman–Crippen MR) is 122 cm³/mol. The summed E-state index contributed by atoms with van der Waals surface area (Å²) in [6, 6.07) is 16.0. The number of nitrogens with one attached hydrogen (secondary N) is 1. The predicted octanol–water partition coefficient (Wildman–Crippen LogP) is 5.10. The van der Waals surface area contributed by atoms with Crippen molar-refractivity contribution in [3.05, 3.63) is 64.8 Å². The maximum atomic E-state index is 9.33. The van der Waals surface area contributed by atoms with Crippen LogP contribution in [0.25, 0.3) is 10.9 Å². The Morgan fingerprint density at radius 2 is 1.93 bits per heavy atom. The number of methoxy groups -OCH3 is 1. The second kappa shape index (κ2) is 7.66. The van der Waals surface area contributed by atoms with Gasteiger partial charge in [0.15, 0.2) is 0 Å². The van der Waals surface area contributed by atoms with E-state index in [1.165, 1.54) is 5.56 Å². The third-order valence-electron chi connectivity index (χ3n) is 5.32. The van der Waals surface area contributed by atoms with Crippen molar-refractivity contribution in [2.75, 3.05) is 13.7 Å². The van der Waals surface area contributed by atoms with Gasteiger partial charge >= 0.3 is 0 Å². The minimum atomic E-state index is -0.371. The van der Waals surface area contributed by atoms with E-state index in [0.717, 1.165) is 40.9 Å². The van der Waals surface area contributed by atoms with Crippen molar-refractivity contribution in [2.24, 2.45) is 0 Å². The topological polar surface area (TPSA) is 61.3 Å². The van der Waals surface area contributed by atoms with E-state index in [-0.39, 0.29) is 11.6 Å². The Morgan fingerprint density at radius 1 is 1.20 bits per heavy atom. The third kappa shape index (κ3) is 3.73. The fraction of sp³-hybridized carbons (Fsp3) is 0.333. The maximum Gasteiger partial charge on any atom is 0.260 e. The van der Waals surface area contributed by atoms with Gasteiger partial charge in [-0.1, -0.05) is 12.1 Å². The van der Waals surface area contributed by atoms with Crippen LogP contribution in [-0.2, 0) is 11.2 Å². The highest BCUT2D eigenvalue weighted by molar-refractivity contribution is 7.80. The van der Waals surface area contributed by atoms with Gasteiger partial charge in [-0.3, -0.25) is 0 Å². The first kappa shape index (κ1) is 20.2. The van der Waals surface area contributed by atoms with Crippen molar-refractivity contribution in [1.29, 1.82) is 5.26 Å². The van der Waals surface area contributed by atoms with Crippen LogP contribution < -0.4 is 4.74 Å². The number of ether oxygens (including phenoxy) is 2. The molecule has 0 radical (unpaired) electrons. The molecule has 0 spiro atoms. The van der Waals surface area contributed by atoms with Gasteiger partial charge < -0.3 is 19.4 Å². The standard InChI is InChI=1S/C24H25N3O2S/c1-24(2,3)29-23(30)27-12-11-18-19-13-15(14-25)5-10-20(19)26-21(18)22(27)16-6-8-17(28-4)9-7-16/h5-10,13,22,26H,11-12H2,1-4H3. The first-order valence-electron chi connectivity index (χ1n) is 9.99. The molecule has 2 heterocycles. The molecule has 2 aromatic carbocycles. The molecule has 0 saturated carbocycles. The highest BCUT2D eigenvalue weighted by Crippen LogP contribution is 2.39. The second-order valence-electron chi connectivity index (χ2n) is 8.49. The highest BCUT2D eigenvalue weighted by Gasteiger charge is 2.35. The van der Waals surface area contributed by atoms with Crippen LogP contribution >= 0.6 is 12.2 Å². The van der Waals surface area contributed by atoms with Gasteiger partial charge in [-0.05, 0) is 80.9 Å². The van der Waals surface area contributed by atoms with E-state index in [4.69, 9.17) is 21.7 Å². The second-order valence-corrected chi connectivity index (χ2v) is 8.84. The number of hydrogen-bond donors (Lipinski definition) is 1. The molecule has 1 aliphatic rings. The Bertz CT molecular complexity index is 1140. The van der Waals surface area contributed by atoms with Crippen molar-refractivity contribution >= 4 is 28.3 Å². The largest absolute Gasteiger partial charge is 0.497 e. The number of aromatic nitrogens is 1. The number of thiocarbonyl (C=S) groups is 1. The van der Waals surface area contributed by atoms with E-state index in [9.17, 15) is 5.26 Å². The van der Waals surface area contributed by atoms with Crippen LogP contribution in [0.3, 0.4) is 0 Å². The number of benzene rings is 2. The fourth-order valence-electron chi connectivity index (χ4n) is 4.01. The number of nitriles is 1. The number of fused-ring (bicyclic) bond motifs is 3. The first-order chi connectivity index (χ1) is 14.3. The molecule has 1 unspecified atom stereocenters. The molecule has 0 aliphatic carbocycles. The van der Waals surface area contributed by atoms with Gasteiger partial charge in [0.2, 0.25) is 0 Å². The zero-order valence-corrected chi connectivity index (χ0v) is 18.5. The van der Waals surface area contributed by atoms with Gasteiger partial charge in [0.25, 0.3) is 5.17 Å². The molecule has 1 N–H and O–H groups in total. The average molecular weight is 420 g/mol. The summed E-state index contributed by atoms with van der Waals surface area (Å²) in [5.41, 5.74) is 4.75. The van der Waals surface area contributed by atoms with Crippen molar-refractivity contribution in [3.8, 4) is 11.8 Å². The molecule has 3 aromatic rings. The van der Waals surface area contributed by atoms with E-state index in [1.54, 1.807) is 7.11 Å². The van der Waals surface area contributed by atoms with Gasteiger partial charge in [-0.15, -0.1) is 0 Å². The summed E-state index contributed by atoms with van der Waals surface area (Å²) in [6.07, 6.45) is 0.824. The Balaban J connectivity index is 1.84. The quantitative estimate of drug-likeness (QED) is 0.586. The molecule has 30 heavy (non-hydrogen) atoms. The van der Waals surface area contributed by atoms with Gasteiger partial charge in [0, 0.05) is 23.1 Å². The smallest absolute Gasteiger partial charge is 0.260 e. The molecule has 1 aliphatic heterocycles. The van der Waals surface area contributed by atoms with Crippen LogP contribution in [-0.4, -0.2) is 34.3 Å². The van der Waals surface area contributed by atoms with Crippen LogP contribution in [0.1, 0.15) is 49.2 Å². The van der Waals surface area contributed by atoms with Crippen LogP contribution in [0.5, 0.6) is 5.75 Å². The van der Waals surface area contributed by atoms with Crippen LogP contribution in [0.4, 0.5) is 0 Å². The summed E-state index contributed by atoms with van der Waals surface area (Å²) in [6.45, 7) is 6.75. The summed E-state index contributed by atoms with van der Waals surface area (Å²) < 4.78 is 11.4. The monoisotopic (exact) mass is 419 g/mol. The molecule has 154 valence electrons. The lowest BCUT2D eigenvalue weighted by Gasteiger charge is -2.39. The molecule has 0 amide bonds. The minimum absolute atomic E-state index is 0.104. The lowest BCUT2D eigenvalue weighted by Crippen LogP contribution is -2.43. The zero-order valence-electron chi connectivity index (χ0n) is 17.7. The van der Waals surface area contributed by atoms with Crippen LogP contribution in [0.2, 0.25) is 0 Å². The van der Waals surface area contributed by atoms with Crippen LogP contribution in [0.15, 0.2) is 42.5 Å². The molecule has 4 rings (SSSR count). The van der Waals surface area contributed by atoms with Crippen molar-refractivity contribution in [1.82, 2.24) is 9.88 Å². The van der Waals surface area contributed by atoms with Gasteiger partial charge in [0.1, 0.15) is 11.4 Å². The summed E-state index contributed by atoms with van der Waals surface area (Å²) in [7, 11) is 1.66. The van der Waals surface area contributed by atoms with E-state index in [1.807, 2.05) is 51.1 Å². The lowest BCUT2D eigenvalue weighted by molar-refractivity contribution is 0.0866.